The molecule has 18 heavy (non-hydrogen) atoms. The Balaban J connectivity index is 1.99. The molecule has 8 heteroatoms. The molecule has 2 N–H and O–H groups in total. The molecular weight excluding hydrogens is 234 g/mol. The van der Waals surface area contributed by atoms with Crippen LogP contribution in [0.25, 0.3) is 0 Å². The van der Waals surface area contributed by atoms with Crippen LogP contribution in [-0.2, 0) is 13.6 Å². The highest BCUT2D eigenvalue weighted by atomic mass is 16.1. The SMILES string of the molecule is CNc1cncc(C(=O)NCc2ncn(C)n2)n1. The van der Waals surface area contributed by atoms with Crippen molar-refractivity contribution in [3.05, 3.63) is 30.2 Å². The van der Waals surface area contributed by atoms with E-state index in [1.54, 1.807) is 25.1 Å². The van der Waals surface area contributed by atoms with Gasteiger partial charge in [0, 0.05) is 14.1 Å². The number of rotatable bonds is 4. The fraction of sp³-hybridized carbons (Fsp3) is 0.300. The number of hydrogen-bond donors (Lipinski definition) is 2. The molecule has 0 bridgehead atoms. The second-order valence-corrected chi connectivity index (χ2v) is 3.56. The van der Waals surface area contributed by atoms with Crippen LogP contribution in [0.1, 0.15) is 16.3 Å². The largest absolute Gasteiger partial charge is 0.372 e. The second kappa shape index (κ2) is 5.21. The van der Waals surface area contributed by atoms with E-state index in [1.165, 1.54) is 12.4 Å². The minimum Gasteiger partial charge on any atom is -0.372 e. The molecule has 94 valence electrons. The number of carbonyl (C=O) groups is 1. The van der Waals surface area contributed by atoms with Crippen LogP contribution in [0.4, 0.5) is 5.82 Å². The summed E-state index contributed by atoms with van der Waals surface area (Å²) in [5.41, 5.74) is 0.248. The van der Waals surface area contributed by atoms with Gasteiger partial charge in [-0.25, -0.2) is 9.97 Å². The number of nitrogens with zero attached hydrogens (tertiary/aromatic N) is 5. The number of amides is 1. The Morgan fingerprint density at radius 1 is 1.44 bits per heavy atom. The average Bonchev–Trinajstić information content (AvgIpc) is 2.82. The van der Waals surface area contributed by atoms with Crippen LogP contribution in [0.2, 0.25) is 0 Å². The highest BCUT2D eigenvalue weighted by Crippen LogP contribution is 2.00. The molecule has 0 spiro atoms. The smallest absolute Gasteiger partial charge is 0.271 e. The molecule has 1 amide bonds. The van der Waals surface area contributed by atoms with Crippen molar-refractivity contribution in [3.8, 4) is 0 Å². The molecule has 0 aliphatic carbocycles. The molecule has 2 aromatic rings. The lowest BCUT2D eigenvalue weighted by atomic mass is 10.4. The summed E-state index contributed by atoms with van der Waals surface area (Å²) in [5, 5.41) is 9.54. The maximum atomic E-state index is 11.8. The van der Waals surface area contributed by atoms with Gasteiger partial charge in [0.15, 0.2) is 5.82 Å². The molecule has 0 saturated carbocycles. The molecular formula is C10H13N7O. The van der Waals surface area contributed by atoms with Gasteiger partial charge in [-0.3, -0.25) is 14.5 Å². The molecule has 0 fully saturated rings. The molecule has 2 heterocycles. The van der Waals surface area contributed by atoms with Gasteiger partial charge in [0.25, 0.3) is 5.91 Å². The Morgan fingerprint density at radius 3 is 2.94 bits per heavy atom. The quantitative estimate of drug-likeness (QED) is 0.761. The molecule has 0 atom stereocenters. The van der Waals surface area contributed by atoms with Gasteiger partial charge < -0.3 is 10.6 Å². The van der Waals surface area contributed by atoms with Crippen molar-refractivity contribution in [2.45, 2.75) is 6.54 Å². The average molecular weight is 247 g/mol. The van der Waals surface area contributed by atoms with Crippen LogP contribution < -0.4 is 10.6 Å². The highest BCUT2D eigenvalue weighted by Gasteiger charge is 2.09. The standard InChI is InChI=1S/C10H13N7O/c1-11-8-4-12-3-7(15-8)10(18)13-5-9-14-6-17(2)16-9/h3-4,6H,5H2,1-2H3,(H,11,15)(H,13,18). The van der Waals surface area contributed by atoms with E-state index >= 15 is 0 Å². The summed E-state index contributed by atoms with van der Waals surface area (Å²) in [4.78, 5) is 23.8. The summed E-state index contributed by atoms with van der Waals surface area (Å²) in [6, 6.07) is 0. The first-order valence-electron chi connectivity index (χ1n) is 5.31. The van der Waals surface area contributed by atoms with Crippen molar-refractivity contribution in [1.82, 2.24) is 30.0 Å². The van der Waals surface area contributed by atoms with Crippen LogP contribution in [0.5, 0.6) is 0 Å². The molecule has 2 aromatic heterocycles. The number of carbonyl (C=O) groups excluding carboxylic acids is 1. The lowest BCUT2D eigenvalue weighted by molar-refractivity contribution is 0.0944. The summed E-state index contributed by atoms with van der Waals surface area (Å²) in [5.74, 6) is 0.772. The van der Waals surface area contributed by atoms with Gasteiger partial charge in [-0.15, -0.1) is 0 Å². The van der Waals surface area contributed by atoms with Crippen molar-refractivity contribution in [3.63, 3.8) is 0 Å². The monoisotopic (exact) mass is 247 g/mol. The molecule has 8 nitrogen and oxygen atoms in total. The maximum absolute atomic E-state index is 11.8. The Kier molecular flexibility index (Phi) is 3.46. The van der Waals surface area contributed by atoms with Gasteiger partial charge in [-0.1, -0.05) is 0 Å². The number of nitrogens with one attached hydrogen (secondary N) is 2. The normalized spacial score (nSPS) is 10.1. The third-order valence-electron chi connectivity index (χ3n) is 2.18. The predicted molar refractivity (Wildman–Crippen MR) is 63.8 cm³/mol. The van der Waals surface area contributed by atoms with Crippen molar-refractivity contribution in [2.24, 2.45) is 7.05 Å². The lowest BCUT2D eigenvalue weighted by Crippen LogP contribution is -2.24. The summed E-state index contributed by atoms with van der Waals surface area (Å²) >= 11 is 0. The van der Waals surface area contributed by atoms with E-state index in [9.17, 15) is 4.79 Å². The van der Waals surface area contributed by atoms with Crippen molar-refractivity contribution >= 4 is 11.7 Å². The number of aromatic nitrogens is 5. The Labute approximate surface area is 103 Å². The molecule has 0 radical (unpaired) electrons. The second-order valence-electron chi connectivity index (χ2n) is 3.56. The lowest BCUT2D eigenvalue weighted by Gasteiger charge is -2.03. The van der Waals surface area contributed by atoms with Gasteiger partial charge in [-0.05, 0) is 0 Å². The fourth-order valence-electron chi connectivity index (χ4n) is 1.31. The van der Waals surface area contributed by atoms with Crippen molar-refractivity contribution in [1.29, 1.82) is 0 Å². The molecule has 0 unspecified atom stereocenters. The van der Waals surface area contributed by atoms with Crippen LogP contribution in [-0.4, -0.2) is 37.7 Å². The molecule has 2 rings (SSSR count). The topological polar surface area (TPSA) is 97.6 Å². The Morgan fingerprint density at radius 2 is 2.28 bits per heavy atom. The van der Waals surface area contributed by atoms with E-state index in [1.807, 2.05) is 0 Å². The Hall–Kier alpha value is -2.51. The maximum Gasteiger partial charge on any atom is 0.271 e. The van der Waals surface area contributed by atoms with Gasteiger partial charge in [-0.2, -0.15) is 5.10 Å². The molecule has 0 aliphatic heterocycles. The van der Waals surface area contributed by atoms with E-state index in [0.717, 1.165) is 0 Å². The first-order valence-corrected chi connectivity index (χ1v) is 5.31. The van der Waals surface area contributed by atoms with Crippen molar-refractivity contribution in [2.75, 3.05) is 12.4 Å². The van der Waals surface area contributed by atoms with Crippen LogP contribution in [0.15, 0.2) is 18.7 Å². The number of aryl methyl sites for hydroxylation is 1. The van der Waals surface area contributed by atoms with Gasteiger partial charge in [0.1, 0.15) is 17.8 Å². The minimum absolute atomic E-state index is 0.248. The Bertz CT molecular complexity index is 551. The summed E-state index contributed by atoms with van der Waals surface area (Å²) in [7, 11) is 3.48. The van der Waals surface area contributed by atoms with Crippen LogP contribution in [0, 0.1) is 0 Å². The molecule has 0 saturated heterocycles. The van der Waals surface area contributed by atoms with E-state index in [4.69, 9.17) is 0 Å². The van der Waals surface area contributed by atoms with E-state index < -0.39 is 0 Å². The zero-order valence-corrected chi connectivity index (χ0v) is 10.1. The van der Waals surface area contributed by atoms with Crippen LogP contribution >= 0.6 is 0 Å². The molecule has 0 aliphatic rings. The third kappa shape index (κ3) is 2.78. The number of hydrogen-bond acceptors (Lipinski definition) is 6. The van der Waals surface area contributed by atoms with Gasteiger partial charge in [0.05, 0.1) is 18.9 Å². The van der Waals surface area contributed by atoms with E-state index in [2.05, 4.69) is 30.7 Å². The van der Waals surface area contributed by atoms with Crippen molar-refractivity contribution < 1.29 is 4.79 Å². The molecule has 0 aromatic carbocycles. The number of anilines is 1. The highest BCUT2D eigenvalue weighted by molar-refractivity contribution is 5.92. The predicted octanol–water partition coefficient (Wildman–Crippen LogP) is -0.423. The summed E-state index contributed by atoms with van der Waals surface area (Å²) in [6.07, 6.45) is 4.52. The van der Waals surface area contributed by atoms with Gasteiger partial charge >= 0.3 is 0 Å². The minimum atomic E-state index is -0.313. The first-order chi connectivity index (χ1) is 8.69. The zero-order chi connectivity index (χ0) is 13.0. The van der Waals surface area contributed by atoms with Gasteiger partial charge in [0.2, 0.25) is 0 Å². The summed E-state index contributed by atoms with van der Waals surface area (Å²) in [6.45, 7) is 0.255. The van der Waals surface area contributed by atoms with E-state index in [0.29, 0.717) is 11.6 Å². The third-order valence-corrected chi connectivity index (χ3v) is 2.18. The zero-order valence-electron chi connectivity index (χ0n) is 10.1. The fourth-order valence-corrected chi connectivity index (χ4v) is 1.31. The summed E-state index contributed by atoms with van der Waals surface area (Å²) < 4.78 is 1.57. The first kappa shape index (κ1) is 12.0. The van der Waals surface area contributed by atoms with E-state index in [-0.39, 0.29) is 18.1 Å². The van der Waals surface area contributed by atoms with Crippen LogP contribution in [0.3, 0.4) is 0 Å².